The van der Waals surface area contributed by atoms with Crippen LogP contribution in [0.2, 0.25) is 0 Å². The quantitative estimate of drug-likeness (QED) is 0.192. The van der Waals surface area contributed by atoms with Crippen LogP contribution in [0.1, 0.15) is 34.7 Å². The molecule has 9 heteroatoms. The maximum absolute atomic E-state index is 14.3. The zero-order valence-corrected chi connectivity index (χ0v) is 21.4. The molecule has 8 nitrogen and oxygen atoms in total. The van der Waals surface area contributed by atoms with Crippen LogP contribution in [0.5, 0.6) is 5.75 Å². The molecule has 5 aromatic rings. The monoisotopic (exact) mass is 522 g/mol. The van der Waals surface area contributed by atoms with E-state index >= 15 is 0 Å². The maximum atomic E-state index is 14.3. The fourth-order valence-corrected chi connectivity index (χ4v) is 5.56. The van der Waals surface area contributed by atoms with Gasteiger partial charge in [0, 0.05) is 28.9 Å². The van der Waals surface area contributed by atoms with Crippen LogP contribution in [0, 0.1) is 5.82 Å². The van der Waals surface area contributed by atoms with Gasteiger partial charge in [-0.05, 0) is 55.5 Å². The minimum absolute atomic E-state index is 0.0407. The van der Waals surface area contributed by atoms with Gasteiger partial charge < -0.3 is 10.5 Å². The lowest BCUT2D eigenvalue weighted by Crippen LogP contribution is -2.43. The Hall–Kier alpha value is -5.05. The van der Waals surface area contributed by atoms with Crippen LogP contribution in [-0.2, 0) is 10.2 Å². The minimum atomic E-state index is -1.76. The zero-order valence-electron chi connectivity index (χ0n) is 21.4. The van der Waals surface area contributed by atoms with Crippen molar-refractivity contribution in [3.05, 3.63) is 90.0 Å². The Bertz CT molecular complexity index is 1860. The molecule has 1 atom stereocenters. The van der Waals surface area contributed by atoms with Crippen molar-refractivity contribution in [2.45, 2.75) is 19.3 Å². The fraction of sp³-hybridized carbons (Fsp3) is 0.133. The van der Waals surface area contributed by atoms with E-state index in [0.29, 0.717) is 33.5 Å². The molecule has 2 N–H and O–H groups in total. The highest BCUT2D eigenvalue weighted by Gasteiger charge is 2.55. The molecule has 0 aliphatic carbocycles. The van der Waals surface area contributed by atoms with Gasteiger partial charge in [-0.15, -0.1) is 0 Å². The number of aromatic nitrogens is 2. The van der Waals surface area contributed by atoms with Crippen LogP contribution in [-0.4, -0.2) is 34.3 Å². The van der Waals surface area contributed by atoms with E-state index in [-0.39, 0.29) is 22.9 Å². The van der Waals surface area contributed by atoms with Gasteiger partial charge in [0.15, 0.2) is 0 Å². The standard InChI is InChI=1S/C30H23FN4O4/c1-16(36)34-22-7-5-4-6-19(22)20-14-21(33-15-24(20)34)28(37)30(2)26-23(12-13-25(39-3)27(26)32)35(29(30)38)18-10-8-17(31)9-11-18/h4-15H,32H2,1-3H3/t30-/m0/s1. The third-order valence-corrected chi connectivity index (χ3v) is 7.42. The van der Waals surface area contributed by atoms with Gasteiger partial charge in [-0.2, -0.15) is 0 Å². The molecule has 2 aromatic heterocycles. The van der Waals surface area contributed by atoms with Crippen LogP contribution < -0.4 is 15.4 Å². The van der Waals surface area contributed by atoms with E-state index < -0.39 is 22.9 Å². The van der Waals surface area contributed by atoms with E-state index in [2.05, 4.69) is 4.98 Å². The number of methoxy groups -OCH3 is 1. The number of amides is 1. The number of pyridine rings is 1. The number of ether oxygens (including phenoxy) is 1. The van der Waals surface area contributed by atoms with Crippen molar-refractivity contribution >= 4 is 56.5 Å². The Morgan fingerprint density at radius 1 is 1.00 bits per heavy atom. The lowest BCUT2D eigenvalue weighted by Gasteiger charge is -2.23. The number of anilines is 3. The smallest absolute Gasteiger partial charge is 0.250 e. The van der Waals surface area contributed by atoms with Crippen LogP contribution in [0.25, 0.3) is 21.8 Å². The summed E-state index contributed by atoms with van der Waals surface area (Å²) in [5, 5.41) is 1.43. The highest BCUT2D eigenvalue weighted by Crippen LogP contribution is 2.52. The summed E-state index contributed by atoms with van der Waals surface area (Å²) < 4.78 is 20.6. The molecule has 1 aliphatic heterocycles. The minimum Gasteiger partial charge on any atom is -0.495 e. The molecule has 0 spiro atoms. The number of rotatable bonds is 4. The molecule has 3 heterocycles. The van der Waals surface area contributed by atoms with Crippen LogP contribution in [0.4, 0.5) is 21.5 Å². The van der Waals surface area contributed by atoms with E-state index in [1.54, 1.807) is 22.8 Å². The number of hydrogen-bond acceptors (Lipinski definition) is 6. The summed E-state index contributed by atoms with van der Waals surface area (Å²) in [5.41, 5.74) is 7.23. The fourth-order valence-electron chi connectivity index (χ4n) is 5.56. The molecule has 3 aromatic carbocycles. The molecule has 6 rings (SSSR count). The number of carbonyl (C=O) groups excluding carboxylic acids is 3. The number of ketones is 1. The first-order valence-electron chi connectivity index (χ1n) is 12.2. The lowest BCUT2D eigenvalue weighted by molar-refractivity contribution is -0.120. The van der Waals surface area contributed by atoms with Crippen molar-refractivity contribution in [2.75, 3.05) is 17.7 Å². The summed E-state index contributed by atoms with van der Waals surface area (Å²) in [7, 11) is 1.45. The van der Waals surface area contributed by atoms with Crippen molar-refractivity contribution < 1.29 is 23.5 Å². The topological polar surface area (TPSA) is 108 Å². The summed E-state index contributed by atoms with van der Waals surface area (Å²) in [6.07, 6.45) is 1.47. The molecule has 1 aliphatic rings. The number of nitrogens with two attached hydrogens (primary N) is 1. The van der Waals surface area contributed by atoms with Gasteiger partial charge in [-0.1, -0.05) is 18.2 Å². The maximum Gasteiger partial charge on any atom is 0.250 e. The molecular formula is C30H23FN4O4. The van der Waals surface area contributed by atoms with Crippen LogP contribution >= 0.6 is 0 Å². The molecular weight excluding hydrogens is 499 g/mol. The molecule has 194 valence electrons. The number of nitrogens with zero attached hydrogens (tertiary/aromatic N) is 3. The van der Waals surface area contributed by atoms with Gasteiger partial charge in [0.2, 0.25) is 17.6 Å². The second-order valence-corrected chi connectivity index (χ2v) is 9.60. The summed E-state index contributed by atoms with van der Waals surface area (Å²) in [4.78, 5) is 46.7. The number of hydrogen-bond donors (Lipinski definition) is 1. The zero-order chi connectivity index (χ0) is 27.6. The molecule has 0 fully saturated rings. The van der Waals surface area contributed by atoms with Gasteiger partial charge in [-0.3, -0.25) is 28.8 Å². The number of fused-ring (bicyclic) bond motifs is 4. The lowest BCUT2D eigenvalue weighted by atomic mass is 9.77. The van der Waals surface area contributed by atoms with E-state index in [0.717, 1.165) is 5.39 Å². The third kappa shape index (κ3) is 3.29. The average Bonchev–Trinajstić information content (AvgIpc) is 3.39. The van der Waals surface area contributed by atoms with Crippen molar-refractivity contribution in [1.29, 1.82) is 0 Å². The number of carbonyl (C=O) groups is 3. The number of para-hydroxylation sites is 1. The molecule has 0 saturated heterocycles. The Balaban J connectivity index is 1.57. The summed E-state index contributed by atoms with van der Waals surface area (Å²) in [6, 6.07) is 17.7. The molecule has 0 radical (unpaired) electrons. The van der Waals surface area contributed by atoms with E-state index in [9.17, 15) is 18.8 Å². The first-order valence-corrected chi connectivity index (χ1v) is 12.2. The third-order valence-electron chi connectivity index (χ3n) is 7.42. The number of nitrogen functional groups attached to an aromatic ring is 1. The Morgan fingerprint density at radius 3 is 2.41 bits per heavy atom. The molecule has 39 heavy (non-hydrogen) atoms. The molecule has 0 saturated carbocycles. The summed E-state index contributed by atoms with van der Waals surface area (Å²) in [6.45, 7) is 2.97. The largest absolute Gasteiger partial charge is 0.495 e. The number of benzene rings is 3. The van der Waals surface area contributed by atoms with Gasteiger partial charge >= 0.3 is 0 Å². The van der Waals surface area contributed by atoms with Crippen molar-refractivity contribution in [3.8, 4) is 5.75 Å². The van der Waals surface area contributed by atoms with E-state index in [1.165, 1.54) is 56.3 Å². The molecule has 0 unspecified atom stereocenters. The predicted octanol–water partition coefficient (Wildman–Crippen LogP) is 5.40. The Labute approximate surface area is 222 Å². The molecule has 0 bridgehead atoms. The van der Waals surface area contributed by atoms with Gasteiger partial charge in [0.25, 0.3) is 0 Å². The average molecular weight is 523 g/mol. The number of halogens is 1. The van der Waals surface area contributed by atoms with Crippen molar-refractivity contribution in [2.24, 2.45) is 0 Å². The van der Waals surface area contributed by atoms with E-state index in [4.69, 9.17) is 10.5 Å². The highest BCUT2D eigenvalue weighted by molar-refractivity contribution is 6.29. The summed E-state index contributed by atoms with van der Waals surface area (Å²) >= 11 is 0. The summed E-state index contributed by atoms with van der Waals surface area (Å²) in [5.74, 6) is -1.46. The van der Waals surface area contributed by atoms with Crippen molar-refractivity contribution in [1.82, 2.24) is 9.55 Å². The molecule has 1 amide bonds. The van der Waals surface area contributed by atoms with Gasteiger partial charge in [0.05, 0.1) is 35.7 Å². The van der Waals surface area contributed by atoms with Crippen molar-refractivity contribution in [3.63, 3.8) is 0 Å². The van der Waals surface area contributed by atoms with Crippen LogP contribution in [0.15, 0.2) is 72.9 Å². The predicted molar refractivity (Wildman–Crippen MR) is 146 cm³/mol. The second-order valence-electron chi connectivity index (χ2n) is 9.60. The Morgan fingerprint density at radius 2 is 1.72 bits per heavy atom. The first-order chi connectivity index (χ1) is 18.7. The Kier molecular flexibility index (Phi) is 5.29. The second kappa shape index (κ2) is 8.49. The van der Waals surface area contributed by atoms with Gasteiger partial charge in [0.1, 0.15) is 22.7 Å². The van der Waals surface area contributed by atoms with Gasteiger partial charge in [-0.25, -0.2) is 4.39 Å². The first kappa shape index (κ1) is 24.3. The normalized spacial score (nSPS) is 16.6. The highest BCUT2D eigenvalue weighted by atomic mass is 19.1. The number of Topliss-reactive ketones (excluding diaryl/α,β-unsaturated/α-hetero) is 1. The van der Waals surface area contributed by atoms with Crippen LogP contribution in [0.3, 0.4) is 0 Å². The SMILES string of the molecule is COc1ccc2c(c1N)[C@@](C)(C(=O)c1cc3c4ccccc4n(C(C)=O)c3cn1)C(=O)N2c1ccc(F)cc1. The van der Waals surface area contributed by atoms with E-state index in [1.807, 2.05) is 24.3 Å².